The molecule has 0 amide bonds. The zero-order valence-electron chi connectivity index (χ0n) is 22.4. The van der Waals surface area contributed by atoms with E-state index in [0.717, 1.165) is 50.4 Å². The molecular weight excluding hydrogens is 556 g/mol. The lowest BCUT2D eigenvalue weighted by atomic mass is 9.93. The summed E-state index contributed by atoms with van der Waals surface area (Å²) in [6, 6.07) is 31.6. The molecule has 0 spiro atoms. The highest BCUT2D eigenvalue weighted by Crippen LogP contribution is 2.37. The van der Waals surface area contributed by atoms with Crippen LogP contribution in [0.5, 0.6) is 5.75 Å². The summed E-state index contributed by atoms with van der Waals surface area (Å²) in [5.74, 6) is -1.46. The summed E-state index contributed by atoms with van der Waals surface area (Å²) in [5, 5.41) is 42.1. The van der Waals surface area contributed by atoms with Gasteiger partial charge in [0, 0.05) is 11.4 Å². The van der Waals surface area contributed by atoms with Crippen molar-refractivity contribution >= 4 is 34.1 Å². The summed E-state index contributed by atoms with van der Waals surface area (Å²) in [4.78, 5) is 27.5. The van der Waals surface area contributed by atoms with Crippen LogP contribution in [0, 0.1) is 30.3 Å². The van der Waals surface area contributed by atoms with Crippen molar-refractivity contribution in [3.63, 3.8) is 0 Å². The van der Waals surface area contributed by atoms with E-state index in [0.29, 0.717) is 12.1 Å². The quantitative estimate of drug-likeness (QED) is 0.136. The monoisotopic (exact) mass is 580 g/mol. The van der Waals surface area contributed by atoms with Crippen LogP contribution in [-0.2, 0) is 0 Å². The standard InChI is InChI=1S/C24H21N3.C6H3N3O7/c25-22-7-1-16(2-8-22)19-13-20(17-3-9-23(26)10-4-17)15-21(14-19)18-5-11-24(27)12-6-18;10-6-4(8(13)14)1-3(7(11)12)2-5(6)9(15)16/h1-15H,25-27H2;1-2,10H. The van der Waals surface area contributed by atoms with E-state index in [9.17, 15) is 35.4 Å². The van der Waals surface area contributed by atoms with Crippen molar-refractivity contribution in [1.29, 1.82) is 0 Å². The van der Waals surface area contributed by atoms with Gasteiger partial charge in [-0.25, -0.2) is 0 Å². The molecule has 13 nitrogen and oxygen atoms in total. The third-order valence-electron chi connectivity index (χ3n) is 6.35. The summed E-state index contributed by atoms with van der Waals surface area (Å²) in [6.45, 7) is 0. The van der Waals surface area contributed by atoms with Crippen LogP contribution in [-0.4, -0.2) is 14.8 Å². The Hall–Kier alpha value is -6.34. The first kappa shape index (κ1) is 29.6. The molecule has 0 aliphatic heterocycles. The summed E-state index contributed by atoms with van der Waals surface area (Å²) in [6.07, 6.45) is 0. The number of non-ortho nitro benzene ring substituents is 1. The van der Waals surface area contributed by atoms with Crippen LogP contribution in [0.3, 0.4) is 0 Å². The van der Waals surface area contributed by atoms with E-state index in [1.54, 1.807) is 0 Å². The number of nitrogens with two attached hydrogens (primary N) is 2. The van der Waals surface area contributed by atoms with Gasteiger partial charge in [0.1, 0.15) is 5.69 Å². The van der Waals surface area contributed by atoms with E-state index in [-0.39, 0.29) is 0 Å². The zero-order valence-corrected chi connectivity index (χ0v) is 22.4. The SMILES string of the molecule is Nc1ccc(-c2cc(-c3ccc(N)cc3)cc(-c3ccc([NH3+])cc3)c2)cc1.O=[N+]([O-])c1cc([N+](=O)[O-])c([O-])c([N+](=O)[O-])c1. The number of hydrogen-bond acceptors (Lipinski definition) is 9. The summed E-state index contributed by atoms with van der Waals surface area (Å²) in [5.41, 5.74) is 21.9. The molecular formula is C30H24N6O7. The first-order valence-corrected chi connectivity index (χ1v) is 12.5. The predicted molar refractivity (Wildman–Crippen MR) is 160 cm³/mol. The van der Waals surface area contributed by atoms with E-state index < -0.39 is 37.6 Å². The van der Waals surface area contributed by atoms with E-state index >= 15 is 0 Å². The molecule has 0 unspecified atom stereocenters. The number of anilines is 2. The number of nitrogens with zero attached hydrogens (tertiary/aromatic N) is 3. The van der Waals surface area contributed by atoms with E-state index in [4.69, 9.17) is 11.5 Å². The minimum absolute atomic E-state index is 0.384. The Labute approximate surface area is 243 Å². The lowest BCUT2D eigenvalue weighted by molar-refractivity contribution is -0.420. The Morgan fingerprint density at radius 2 is 0.814 bits per heavy atom. The highest BCUT2D eigenvalue weighted by atomic mass is 16.6. The molecule has 0 aliphatic carbocycles. The van der Waals surface area contributed by atoms with E-state index in [2.05, 4.69) is 60.3 Å². The lowest BCUT2D eigenvalue weighted by Crippen LogP contribution is -2.39. The molecule has 216 valence electrons. The summed E-state index contributed by atoms with van der Waals surface area (Å²) < 4.78 is 0. The van der Waals surface area contributed by atoms with Crippen LogP contribution in [0.1, 0.15) is 0 Å². The minimum atomic E-state index is -1.46. The van der Waals surface area contributed by atoms with Crippen molar-refractivity contribution in [3.8, 4) is 39.1 Å². The fourth-order valence-electron chi connectivity index (χ4n) is 4.14. The maximum Gasteiger partial charge on any atom is 0.283 e. The normalized spacial score (nSPS) is 10.3. The molecule has 0 heterocycles. The van der Waals surface area contributed by atoms with Gasteiger partial charge in [0.25, 0.3) is 17.1 Å². The first-order chi connectivity index (χ1) is 20.4. The molecule has 5 aromatic carbocycles. The predicted octanol–water partition coefficient (Wildman–Crippen LogP) is 5.21. The van der Waals surface area contributed by atoms with Crippen molar-refractivity contribution in [1.82, 2.24) is 0 Å². The second-order valence-corrected chi connectivity index (χ2v) is 9.32. The zero-order chi connectivity index (χ0) is 31.3. The van der Waals surface area contributed by atoms with Gasteiger partial charge in [-0.1, -0.05) is 24.3 Å². The van der Waals surface area contributed by atoms with Crippen LogP contribution >= 0.6 is 0 Å². The van der Waals surface area contributed by atoms with Gasteiger partial charge in [0.15, 0.2) is 0 Å². The number of quaternary nitrogens is 1. The minimum Gasteiger partial charge on any atom is -0.863 e. The van der Waals surface area contributed by atoms with E-state index in [1.165, 1.54) is 0 Å². The molecule has 0 saturated carbocycles. The van der Waals surface area contributed by atoms with Crippen LogP contribution in [0.15, 0.2) is 103 Å². The Balaban J connectivity index is 0.000000227. The van der Waals surface area contributed by atoms with Gasteiger partial charge in [0.2, 0.25) is 0 Å². The maximum atomic E-state index is 11.1. The molecule has 5 aromatic rings. The molecule has 0 radical (unpaired) electrons. The van der Waals surface area contributed by atoms with Crippen LogP contribution in [0.4, 0.5) is 34.1 Å². The van der Waals surface area contributed by atoms with Crippen molar-refractivity contribution in [2.75, 3.05) is 11.5 Å². The summed E-state index contributed by atoms with van der Waals surface area (Å²) in [7, 11) is 0. The summed E-state index contributed by atoms with van der Waals surface area (Å²) >= 11 is 0. The Morgan fingerprint density at radius 1 is 0.488 bits per heavy atom. The van der Waals surface area contributed by atoms with Gasteiger partial charge >= 0.3 is 0 Å². The van der Waals surface area contributed by atoms with Gasteiger partial charge < -0.3 is 22.3 Å². The van der Waals surface area contributed by atoms with Crippen molar-refractivity contribution in [2.24, 2.45) is 0 Å². The second kappa shape index (κ2) is 12.4. The molecule has 7 N–H and O–H groups in total. The largest absolute Gasteiger partial charge is 0.863 e. The van der Waals surface area contributed by atoms with Crippen molar-refractivity contribution in [2.45, 2.75) is 0 Å². The lowest BCUT2D eigenvalue weighted by Gasteiger charge is -2.12. The topological polar surface area (TPSA) is 232 Å². The molecule has 0 aromatic heterocycles. The maximum absolute atomic E-state index is 11.1. The number of benzene rings is 5. The highest BCUT2D eigenvalue weighted by molar-refractivity contribution is 5.82. The Morgan fingerprint density at radius 3 is 1.12 bits per heavy atom. The average Bonchev–Trinajstić information content (AvgIpc) is 2.98. The molecule has 0 aliphatic rings. The van der Waals surface area contributed by atoms with Crippen molar-refractivity contribution < 1.29 is 25.6 Å². The number of rotatable bonds is 6. The molecule has 0 fully saturated rings. The molecule has 5 rings (SSSR count). The molecule has 0 atom stereocenters. The molecule has 0 saturated heterocycles. The molecule has 0 bridgehead atoms. The number of nitrogen functional groups attached to an aromatic ring is 2. The van der Waals surface area contributed by atoms with E-state index in [1.807, 2.05) is 36.4 Å². The number of nitro groups is 3. The average molecular weight is 581 g/mol. The van der Waals surface area contributed by atoms with Gasteiger partial charge in [-0.05, 0) is 100 Å². The van der Waals surface area contributed by atoms with Gasteiger partial charge in [-0.3, -0.25) is 30.3 Å². The molecule has 43 heavy (non-hydrogen) atoms. The Bertz CT molecular complexity index is 1640. The van der Waals surface area contributed by atoms with Crippen LogP contribution < -0.4 is 22.3 Å². The van der Waals surface area contributed by atoms with Gasteiger partial charge in [-0.15, -0.1) is 0 Å². The van der Waals surface area contributed by atoms with Gasteiger partial charge in [-0.2, -0.15) is 0 Å². The molecule has 13 heteroatoms. The number of hydrogen-bond donors (Lipinski definition) is 3. The van der Waals surface area contributed by atoms with Gasteiger partial charge in [0.05, 0.1) is 32.7 Å². The fourth-order valence-corrected chi connectivity index (χ4v) is 4.14. The van der Waals surface area contributed by atoms with Crippen LogP contribution in [0.2, 0.25) is 0 Å². The number of nitro benzene ring substituents is 3. The van der Waals surface area contributed by atoms with Crippen molar-refractivity contribution in [3.05, 3.63) is 133 Å². The first-order valence-electron chi connectivity index (χ1n) is 12.5. The highest BCUT2D eigenvalue weighted by Gasteiger charge is 2.24. The third kappa shape index (κ3) is 7.06. The smallest absolute Gasteiger partial charge is 0.283 e. The second-order valence-electron chi connectivity index (χ2n) is 9.32. The third-order valence-corrected chi connectivity index (χ3v) is 6.35. The Kier molecular flexibility index (Phi) is 8.58. The van der Waals surface area contributed by atoms with Crippen LogP contribution in [0.25, 0.3) is 33.4 Å². The fraction of sp³-hybridized carbons (Fsp3) is 0.